The molecule has 7 heteroatoms. The largest absolute Gasteiger partial charge is 0.378 e. The van der Waals surface area contributed by atoms with Gasteiger partial charge in [0.25, 0.3) is 0 Å². The molecule has 0 radical (unpaired) electrons. The lowest BCUT2D eigenvalue weighted by Gasteiger charge is -2.10. The molecule has 0 aliphatic heterocycles. The molecule has 0 saturated carbocycles. The maximum atomic E-state index is 10.9. The zero-order valence-corrected chi connectivity index (χ0v) is 14.9. The number of sulfone groups is 1. The fraction of sp³-hybridized carbons (Fsp3) is 0.562. The number of benzene rings is 1. The first-order valence-electron chi connectivity index (χ1n) is 7.74. The average Bonchev–Trinajstić information content (AvgIpc) is 2.49. The second kappa shape index (κ2) is 9.52. The zero-order valence-electron chi connectivity index (χ0n) is 14.1. The van der Waals surface area contributed by atoms with E-state index in [0.29, 0.717) is 25.0 Å². The summed E-state index contributed by atoms with van der Waals surface area (Å²) in [6.07, 6.45) is 2.29. The van der Waals surface area contributed by atoms with Gasteiger partial charge in [-0.1, -0.05) is 26.0 Å². The molecular formula is C16H27N3O3S. The van der Waals surface area contributed by atoms with Gasteiger partial charge < -0.3 is 15.8 Å². The lowest BCUT2D eigenvalue weighted by Crippen LogP contribution is -2.23. The molecule has 1 rings (SSSR count). The minimum Gasteiger partial charge on any atom is -0.378 e. The highest BCUT2D eigenvalue weighted by molar-refractivity contribution is 7.90. The van der Waals surface area contributed by atoms with E-state index in [1.54, 1.807) is 0 Å². The van der Waals surface area contributed by atoms with E-state index in [9.17, 15) is 8.42 Å². The van der Waals surface area contributed by atoms with Gasteiger partial charge >= 0.3 is 0 Å². The van der Waals surface area contributed by atoms with Crippen LogP contribution in [-0.2, 0) is 14.6 Å². The zero-order chi connectivity index (χ0) is 17.3. The molecule has 0 aliphatic rings. The number of hydrogen-bond acceptors (Lipinski definition) is 4. The predicted octanol–water partition coefficient (Wildman–Crippen LogP) is 1.99. The Kier molecular flexibility index (Phi) is 8.05. The second-order valence-electron chi connectivity index (χ2n) is 5.57. The van der Waals surface area contributed by atoms with Gasteiger partial charge in [-0.2, -0.15) is 0 Å². The van der Waals surface area contributed by atoms with Crippen LogP contribution in [0.2, 0.25) is 0 Å². The first-order chi connectivity index (χ1) is 10.8. The normalized spacial score (nSPS) is 13.8. The third-order valence-electron chi connectivity index (χ3n) is 3.48. The third kappa shape index (κ3) is 8.56. The van der Waals surface area contributed by atoms with Crippen LogP contribution in [0.25, 0.3) is 0 Å². The van der Waals surface area contributed by atoms with Crippen LogP contribution in [0.15, 0.2) is 29.3 Å². The molecule has 0 aromatic heterocycles. The summed E-state index contributed by atoms with van der Waals surface area (Å²) in [6, 6.07) is 8.12. The van der Waals surface area contributed by atoms with Crippen LogP contribution in [0.3, 0.4) is 0 Å². The summed E-state index contributed by atoms with van der Waals surface area (Å²) >= 11 is 0. The molecular weight excluding hydrogens is 314 g/mol. The van der Waals surface area contributed by atoms with E-state index >= 15 is 0 Å². The van der Waals surface area contributed by atoms with Crippen molar-refractivity contribution in [3.63, 3.8) is 0 Å². The van der Waals surface area contributed by atoms with Crippen molar-refractivity contribution in [1.29, 1.82) is 0 Å². The molecule has 1 unspecified atom stereocenters. The molecule has 1 atom stereocenters. The van der Waals surface area contributed by atoms with Crippen LogP contribution >= 0.6 is 0 Å². The fourth-order valence-electron chi connectivity index (χ4n) is 1.86. The number of nitrogens with zero attached hydrogens (tertiary/aromatic N) is 1. The van der Waals surface area contributed by atoms with Gasteiger partial charge in [-0.15, -0.1) is 0 Å². The van der Waals surface area contributed by atoms with Gasteiger partial charge in [0.15, 0.2) is 5.96 Å². The minimum absolute atomic E-state index is 0.0208. The Morgan fingerprint density at radius 1 is 1.30 bits per heavy atom. The van der Waals surface area contributed by atoms with Crippen molar-refractivity contribution >= 4 is 21.5 Å². The summed E-state index contributed by atoms with van der Waals surface area (Å²) in [4.78, 5) is 4.14. The van der Waals surface area contributed by atoms with E-state index in [-0.39, 0.29) is 12.4 Å². The molecule has 0 heterocycles. The molecule has 23 heavy (non-hydrogen) atoms. The smallest absolute Gasteiger partial charge is 0.193 e. The van der Waals surface area contributed by atoms with Crippen LogP contribution in [0.5, 0.6) is 0 Å². The van der Waals surface area contributed by atoms with Gasteiger partial charge in [-0.25, -0.2) is 8.42 Å². The predicted molar refractivity (Wildman–Crippen MR) is 95.8 cm³/mol. The average molecular weight is 341 g/mol. The molecule has 1 aromatic carbocycles. The number of guanidine groups is 1. The molecule has 3 N–H and O–H groups in total. The molecule has 0 saturated heterocycles. The molecule has 130 valence electrons. The summed E-state index contributed by atoms with van der Waals surface area (Å²) in [7, 11) is -2.98. The Morgan fingerprint density at radius 3 is 2.52 bits per heavy atom. The van der Waals surface area contributed by atoms with E-state index in [4.69, 9.17) is 10.5 Å². The summed E-state index contributed by atoms with van der Waals surface area (Å²) in [5, 5.41) is 3.02. The Bertz CT molecular complexity index is 598. The van der Waals surface area contributed by atoms with Gasteiger partial charge in [0.1, 0.15) is 9.84 Å². The van der Waals surface area contributed by atoms with Crippen molar-refractivity contribution in [2.45, 2.75) is 26.2 Å². The molecule has 0 spiro atoms. The standard InChI is InChI=1S/C16H27N3O3S/c1-4-13(2)14-5-7-15(8-6-14)19-16(17)18-9-10-22-11-12-23(3,20)21/h5-8,13H,4,9-12H2,1-3H3,(H3,17,18,19). The Balaban J connectivity index is 2.33. The topological polar surface area (TPSA) is 93.8 Å². The van der Waals surface area contributed by atoms with E-state index in [2.05, 4.69) is 36.3 Å². The summed E-state index contributed by atoms with van der Waals surface area (Å²) in [6.45, 7) is 5.26. The number of nitrogens with one attached hydrogen (secondary N) is 1. The van der Waals surface area contributed by atoms with Crippen LogP contribution in [0.4, 0.5) is 5.69 Å². The molecule has 0 bridgehead atoms. The van der Waals surface area contributed by atoms with Crippen LogP contribution in [0.1, 0.15) is 31.7 Å². The van der Waals surface area contributed by atoms with Crippen molar-refractivity contribution in [1.82, 2.24) is 0 Å². The maximum Gasteiger partial charge on any atom is 0.193 e. The summed E-state index contributed by atoms with van der Waals surface area (Å²) in [5.74, 6) is 0.875. The first kappa shape index (κ1) is 19.4. The molecule has 0 amide bonds. The number of aliphatic imine (C=N–C) groups is 1. The van der Waals surface area contributed by atoms with Crippen molar-refractivity contribution < 1.29 is 13.2 Å². The Labute approximate surface area is 139 Å². The van der Waals surface area contributed by atoms with Crippen LogP contribution in [0, 0.1) is 0 Å². The van der Waals surface area contributed by atoms with Crippen molar-refractivity contribution in [3.05, 3.63) is 29.8 Å². The molecule has 0 aliphatic carbocycles. The number of nitrogens with two attached hydrogens (primary N) is 1. The third-order valence-corrected chi connectivity index (χ3v) is 4.39. The van der Waals surface area contributed by atoms with Gasteiger partial charge in [-0.3, -0.25) is 4.99 Å². The van der Waals surface area contributed by atoms with Gasteiger partial charge in [0, 0.05) is 11.9 Å². The van der Waals surface area contributed by atoms with E-state index in [0.717, 1.165) is 12.1 Å². The van der Waals surface area contributed by atoms with E-state index < -0.39 is 9.84 Å². The highest BCUT2D eigenvalue weighted by Crippen LogP contribution is 2.20. The summed E-state index contributed by atoms with van der Waals surface area (Å²) < 4.78 is 27.0. The van der Waals surface area contributed by atoms with Crippen molar-refractivity contribution in [3.8, 4) is 0 Å². The SMILES string of the molecule is CCC(C)c1ccc(NC(N)=NCCOCCS(C)(=O)=O)cc1. The number of ether oxygens (including phenoxy) is 1. The quantitative estimate of drug-likeness (QED) is 0.407. The maximum absolute atomic E-state index is 10.9. The highest BCUT2D eigenvalue weighted by Gasteiger charge is 2.03. The van der Waals surface area contributed by atoms with Gasteiger partial charge in [-0.05, 0) is 30.0 Å². The summed E-state index contributed by atoms with van der Waals surface area (Å²) in [5.41, 5.74) is 7.99. The van der Waals surface area contributed by atoms with Gasteiger partial charge in [0.05, 0.1) is 25.5 Å². The molecule has 0 fully saturated rings. The van der Waals surface area contributed by atoms with E-state index in [1.807, 2.05) is 12.1 Å². The van der Waals surface area contributed by atoms with Crippen LogP contribution in [-0.4, -0.2) is 46.1 Å². The second-order valence-corrected chi connectivity index (χ2v) is 7.83. The van der Waals surface area contributed by atoms with Gasteiger partial charge in [0.2, 0.25) is 0 Å². The minimum atomic E-state index is -2.98. The molecule has 6 nitrogen and oxygen atoms in total. The van der Waals surface area contributed by atoms with Crippen LogP contribution < -0.4 is 11.1 Å². The number of hydrogen-bond donors (Lipinski definition) is 2. The number of rotatable bonds is 9. The monoisotopic (exact) mass is 341 g/mol. The lowest BCUT2D eigenvalue weighted by molar-refractivity contribution is 0.157. The fourth-order valence-corrected chi connectivity index (χ4v) is 2.28. The highest BCUT2D eigenvalue weighted by atomic mass is 32.2. The Hall–Kier alpha value is -1.60. The van der Waals surface area contributed by atoms with E-state index in [1.165, 1.54) is 11.8 Å². The van der Waals surface area contributed by atoms with Crippen molar-refractivity contribution in [2.75, 3.05) is 37.1 Å². The molecule has 1 aromatic rings. The first-order valence-corrected chi connectivity index (χ1v) is 9.80. The van der Waals surface area contributed by atoms with Crippen molar-refractivity contribution in [2.24, 2.45) is 10.7 Å². The Morgan fingerprint density at radius 2 is 1.96 bits per heavy atom. The lowest BCUT2D eigenvalue weighted by atomic mass is 9.99. The number of anilines is 1.